The van der Waals surface area contributed by atoms with Gasteiger partial charge in [0.05, 0.1) is 5.69 Å². The van der Waals surface area contributed by atoms with E-state index in [2.05, 4.69) is 52.0 Å². The second-order valence-corrected chi connectivity index (χ2v) is 5.63. The maximum absolute atomic E-state index is 4.79. The molecule has 1 aliphatic rings. The van der Waals surface area contributed by atoms with Crippen molar-refractivity contribution in [2.75, 3.05) is 0 Å². The number of rotatable bonds is 3. The lowest BCUT2D eigenvalue weighted by Crippen LogP contribution is -2.25. The lowest BCUT2D eigenvalue weighted by Gasteiger charge is -2.22. The average molecular weight is 215 g/mol. The number of fused-ring (bicyclic) bond motifs is 1. The van der Waals surface area contributed by atoms with E-state index in [0.29, 0.717) is 0 Å². The molecule has 0 saturated heterocycles. The van der Waals surface area contributed by atoms with Crippen molar-refractivity contribution in [3.63, 3.8) is 0 Å². The maximum Gasteiger partial charge on any atom is 0.0670 e. The highest BCUT2D eigenvalue weighted by Crippen LogP contribution is 2.41. The van der Waals surface area contributed by atoms with Crippen LogP contribution in [0.3, 0.4) is 0 Å². The van der Waals surface area contributed by atoms with Crippen molar-refractivity contribution in [3.05, 3.63) is 29.8 Å². The molecule has 0 bridgehead atoms. The van der Waals surface area contributed by atoms with Crippen LogP contribution >= 0.6 is 0 Å². The van der Waals surface area contributed by atoms with Crippen LogP contribution in [0, 0.1) is 5.92 Å². The Balaban J connectivity index is 2.25. The Morgan fingerprint density at radius 2 is 1.88 bits per heavy atom. The lowest BCUT2D eigenvalue weighted by atomic mass is 9.79. The standard InChI is InChI=1S/C15H21N/c1-11(2)9-10-14-15(3,4)12-7-5-6-8-13(12)16-14/h5-8,11H,9-10H2,1-4H3. The molecule has 0 fully saturated rings. The summed E-state index contributed by atoms with van der Waals surface area (Å²) < 4.78 is 0. The van der Waals surface area contributed by atoms with E-state index in [1.54, 1.807) is 0 Å². The summed E-state index contributed by atoms with van der Waals surface area (Å²) in [5.74, 6) is 0.752. The highest BCUT2D eigenvalue weighted by Gasteiger charge is 2.33. The first-order valence-electron chi connectivity index (χ1n) is 6.19. The zero-order chi connectivity index (χ0) is 11.8. The van der Waals surface area contributed by atoms with E-state index in [4.69, 9.17) is 4.99 Å². The number of benzene rings is 1. The summed E-state index contributed by atoms with van der Waals surface area (Å²) in [6.45, 7) is 9.13. The van der Waals surface area contributed by atoms with Crippen molar-refractivity contribution >= 4 is 11.4 Å². The Hall–Kier alpha value is -1.11. The number of para-hydroxylation sites is 1. The van der Waals surface area contributed by atoms with E-state index in [1.807, 2.05) is 0 Å². The zero-order valence-electron chi connectivity index (χ0n) is 10.7. The number of nitrogens with zero attached hydrogens (tertiary/aromatic N) is 1. The van der Waals surface area contributed by atoms with E-state index in [1.165, 1.54) is 23.4 Å². The predicted molar refractivity (Wildman–Crippen MR) is 70.6 cm³/mol. The van der Waals surface area contributed by atoms with Crippen LogP contribution in [0.15, 0.2) is 29.3 Å². The quantitative estimate of drug-likeness (QED) is 0.704. The molecular formula is C15H21N. The first kappa shape index (κ1) is 11.4. The highest BCUT2D eigenvalue weighted by atomic mass is 14.8. The Morgan fingerprint density at radius 1 is 1.19 bits per heavy atom. The molecule has 0 N–H and O–H groups in total. The first-order chi connectivity index (χ1) is 7.51. The summed E-state index contributed by atoms with van der Waals surface area (Å²) in [6, 6.07) is 8.52. The second-order valence-electron chi connectivity index (χ2n) is 5.63. The van der Waals surface area contributed by atoms with Gasteiger partial charge in [-0.25, -0.2) is 0 Å². The van der Waals surface area contributed by atoms with Gasteiger partial charge >= 0.3 is 0 Å². The Morgan fingerprint density at radius 3 is 2.50 bits per heavy atom. The average Bonchev–Trinajstić information content (AvgIpc) is 2.48. The molecular weight excluding hydrogens is 194 g/mol. The van der Waals surface area contributed by atoms with Crippen molar-refractivity contribution in [2.45, 2.75) is 46.0 Å². The second kappa shape index (κ2) is 4.04. The van der Waals surface area contributed by atoms with Gasteiger partial charge in [-0.3, -0.25) is 4.99 Å². The molecule has 0 amide bonds. The monoisotopic (exact) mass is 215 g/mol. The number of aliphatic imine (C=N–C) groups is 1. The molecule has 0 radical (unpaired) electrons. The predicted octanol–water partition coefficient (Wildman–Crippen LogP) is 4.49. The van der Waals surface area contributed by atoms with Gasteiger partial charge in [-0.15, -0.1) is 0 Å². The third-order valence-electron chi connectivity index (χ3n) is 3.51. The van der Waals surface area contributed by atoms with Gasteiger partial charge in [0.25, 0.3) is 0 Å². The SMILES string of the molecule is CC(C)CCC1=Nc2ccccc2C1(C)C. The smallest absolute Gasteiger partial charge is 0.0670 e. The van der Waals surface area contributed by atoms with Crippen LogP contribution in [0.25, 0.3) is 0 Å². The van der Waals surface area contributed by atoms with E-state index in [-0.39, 0.29) is 5.41 Å². The highest BCUT2D eigenvalue weighted by molar-refractivity contribution is 6.01. The van der Waals surface area contributed by atoms with Gasteiger partial charge in [-0.2, -0.15) is 0 Å². The van der Waals surface area contributed by atoms with Gasteiger partial charge in [-0.1, -0.05) is 45.9 Å². The molecule has 1 aliphatic heterocycles. The van der Waals surface area contributed by atoms with Gasteiger partial charge < -0.3 is 0 Å². The Bertz CT molecular complexity index is 413. The molecule has 1 heterocycles. The van der Waals surface area contributed by atoms with Gasteiger partial charge in [-0.05, 0) is 30.4 Å². The molecule has 1 nitrogen and oxygen atoms in total. The molecule has 0 saturated carbocycles. The van der Waals surface area contributed by atoms with E-state index < -0.39 is 0 Å². The molecule has 0 spiro atoms. The molecule has 1 aromatic carbocycles. The minimum absolute atomic E-state index is 0.130. The van der Waals surface area contributed by atoms with Crippen molar-refractivity contribution in [2.24, 2.45) is 10.9 Å². The molecule has 0 aromatic heterocycles. The summed E-state index contributed by atoms with van der Waals surface area (Å²) in [6.07, 6.45) is 2.36. The fourth-order valence-corrected chi connectivity index (χ4v) is 2.33. The van der Waals surface area contributed by atoms with Gasteiger partial charge in [0.1, 0.15) is 0 Å². The maximum atomic E-state index is 4.79. The Kier molecular flexibility index (Phi) is 2.88. The molecule has 0 atom stereocenters. The third kappa shape index (κ3) is 1.91. The van der Waals surface area contributed by atoms with Crippen molar-refractivity contribution in [3.8, 4) is 0 Å². The summed E-state index contributed by atoms with van der Waals surface area (Å²) in [7, 11) is 0. The van der Waals surface area contributed by atoms with Gasteiger partial charge in [0.15, 0.2) is 0 Å². The topological polar surface area (TPSA) is 12.4 Å². The molecule has 16 heavy (non-hydrogen) atoms. The summed E-state index contributed by atoms with van der Waals surface area (Å²) >= 11 is 0. The fourth-order valence-electron chi connectivity index (χ4n) is 2.33. The van der Waals surface area contributed by atoms with E-state index in [9.17, 15) is 0 Å². The minimum atomic E-state index is 0.130. The molecule has 0 aliphatic carbocycles. The Labute approximate surface area is 98.6 Å². The lowest BCUT2D eigenvalue weighted by molar-refractivity contribution is 0.588. The van der Waals surface area contributed by atoms with Gasteiger partial charge in [0.2, 0.25) is 0 Å². The van der Waals surface area contributed by atoms with Crippen LogP contribution in [0.1, 0.15) is 46.1 Å². The minimum Gasteiger partial charge on any atom is -0.257 e. The summed E-state index contributed by atoms with van der Waals surface area (Å²) in [5.41, 5.74) is 4.04. The van der Waals surface area contributed by atoms with E-state index in [0.717, 1.165) is 12.3 Å². The van der Waals surface area contributed by atoms with Crippen LogP contribution < -0.4 is 0 Å². The third-order valence-corrected chi connectivity index (χ3v) is 3.51. The largest absolute Gasteiger partial charge is 0.257 e. The van der Waals surface area contributed by atoms with Gasteiger partial charge in [0, 0.05) is 11.1 Å². The molecule has 1 aromatic rings. The van der Waals surface area contributed by atoms with Crippen molar-refractivity contribution < 1.29 is 0 Å². The molecule has 1 heteroatoms. The van der Waals surface area contributed by atoms with Crippen LogP contribution in [-0.4, -0.2) is 5.71 Å². The molecule has 86 valence electrons. The van der Waals surface area contributed by atoms with Crippen LogP contribution in [0.5, 0.6) is 0 Å². The molecule has 2 rings (SSSR count). The fraction of sp³-hybridized carbons (Fsp3) is 0.533. The number of hydrogen-bond donors (Lipinski definition) is 0. The summed E-state index contributed by atoms with van der Waals surface area (Å²) in [4.78, 5) is 4.79. The summed E-state index contributed by atoms with van der Waals surface area (Å²) in [5, 5.41) is 0. The van der Waals surface area contributed by atoms with Crippen molar-refractivity contribution in [1.82, 2.24) is 0 Å². The van der Waals surface area contributed by atoms with Crippen LogP contribution in [0.4, 0.5) is 5.69 Å². The normalized spacial score (nSPS) is 17.4. The zero-order valence-corrected chi connectivity index (χ0v) is 10.7. The van der Waals surface area contributed by atoms with Crippen LogP contribution in [0.2, 0.25) is 0 Å². The first-order valence-corrected chi connectivity index (χ1v) is 6.19. The van der Waals surface area contributed by atoms with E-state index >= 15 is 0 Å². The number of hydrogen-bond acceptors (Lipinski definition) is 1. The molecule has 0 unspecified atom stereocenters. The van der Waals surface area contributed by atoms with Crippen molar-refractivity contribution in [1.29, 1.82) is 0 Å². The van der Waals surface area contributed by atoms with Crippen LogP contribution in [-0.2, 0) is 5.41 Å².